The molecule has 4 aliphatic carbocycles. The fourth-order valence-electron chi connectivity index (χ4n) is 6.28. The summed E-state index contributed by atoms with van der Waals surface area (Å²) in [6.45, 7) is 7.49. The summed E-state index contributed by atoms with van der Waals surface area (Å²) >= 11 is 0. The number of rotatable bonds is 6. The van der Waals surface area contributed by atoms with Crippen molar-refractivity contribution >= 4 is 16.1 Å². The average molecular weight is 405 g/mol. The molecule has 6 heteroatoms. The van der Waals surface area contributed by atoms with Crippen LogP contribution in [0.25, 0.3) is 0 Å². The Balaban J connectivity index is 1.68. The van der Waals surface area contributed by atoms with E-state index >= 15 is 0 Å². The van der Waals surface area contributed by atoms with Crippen LogP contribution in [0.5, 0.6) is 0 Å². The SMILES string of the molecule is C=C(C)C(=O)OC(OS(=O)(=O)c1ccccc1)C12CC3CC(CC(C)(C3)C1)C2. The second-order valence-electron chi connectivity index (χ2n) is 9.52. The summed E-state index contributed by atoms with van der Waals surface area (Å²) in [5.41, 5.74) is -0.0504. The number of hydrogen-bond donors (Lipinski definition) is 0. The quantitative estimate of drug-likeness (QED) is 0.303. The van der Waals surface area contributed by atoms with Crippen molar-refractivity contribution in [1.82, 2.24) is 0 Å². The number of carbonyl (C=O) groups is 1. The molecule has 0 saturated heterocycles. The third-order valence-corrected chi connectivity index (χ3v) is 7.99. The lowest BCUT2D eigenvalue weighted by atomic mass is 9.44. The smallest absolute Gasteiger partial charge is 0.335 e. The van der Waals surface area contributed by atoms with Crippen LogP contribution in [0.4, 0.5) is 0 Å². The molecule has 4 saturated carbocycles. The first-order valence-electron chi connectivity index (χ1n) is 9.96. The van der Waals surface area contributed by atoms with Gasteiger partial charge in [-0.1, -0.05) is 31.7 Å². The van der Waals surface area contributed by atoms with E-state index in [4.69, 9.17) is 8.92 Å². The van der Waals surface area contributed by atoms with Gasteiger partial charge in [-0.2, -0.15) is 8.42 Å². The molecule has 5 nitrogen and oxygen atoms in total. The van der Waals surface area contributed by atoms with Gasteiger partial charge in [0.05, 0.1) is 4.90 Å². The Morgan fingerprint density at radius 1 is 1.14 bits per heavy atom. The molecule has 0 radical (unpaired) electrons. The predicted molar refractivity (Wildman–Crippen MR) is 105 cm³/mol. The summed E-state index contributed by atoms with van der Waals surface area (Å²) in [4.78, 5) is 12.4. The van der Waals surface area contributed by atoms with Crippen LogP contribution in [0.15, 0.2) is 47.4 Å². The van der Waals surface area contributed by atoms with Gasteiger partial charge >= 0.3 is 5.97 Å². The standard InChI is InChI=1S/C22H28O5S/c1-15(2)19(23)26-20(27-28(24,25)18-7-5-4-6-8-18)22-12-16-9-17(13-22)11-21(3,10-16)14-22/h4-8,16-17,20H,1,9-14H2,2-3H3. The number of esters is 1. The highest BCUT2D eigenvalue weighted by atomic mass is 32.2. The van der Waals surface area contributed by atoms with E-state index in [1.807, 2.05) is 0 Å². The van der Waals surface area contributed by atoms with Crippen LogP contribution in [0.2, 0.25) is 0 Å². The molecule has 1 aromatic carbocycles. The minimum absolute atomic E-state index is 0.0716. The maximum atomic E-state index is 12.9. The number of carbonyl (C=O) groups excluding carboxylic acids is 1. The second-order valence-corrected chi connectivity index (χ2v) is 11.1. The zero-order chi connectivity index (χ0) is 20.2. The third-order valence-electron chi connectivity index (χ3n) is 6.71. The van der Waals surface area contributed by atoms with Gasteiger partial charge in [0, 0.05) is 11.0 Å². The summed E-state index contributed by atoms with van der Waals surface area (Å²) < 4.78 is 37.2. The lowest BCUT2D eigenvalue weighted by molar-refractivity contribution is -0.225. The molecule has 1 aromatic rings. The molecule has 4 aliphatic rings. The molecule has 4 bridgehead atoms. The fraction of sp³-hybridized carbons (Fsp3) is 0.591. The Morgan fingerprint density at radius 2 is 1.75 bits per heavy atom. The minimum Gasteiger partial charge on any atom is -0.431 e. The summed E-state index contributed by atoms with van der Waals surface area (Å²) in [6, 6.07) is 8.03. The van der Waals surface area contributed by atoms with E-state index in [0.717, 1.165) is 32.1 Å². The topological polar surface area (TPSA) is 69.7 Å². The van der Waals surface area contributed by atoms with Crippen molar-refractivity contribution in [2.24, 2.45) is 22.7 Å². The monoisotopic (exact) mass is 404 g/mol. The molecule has 152 valence electrons. The largest absolute Gasteiger partial charge is 0.431 e. The van der Waals surface area contributed by atoms with E-state index in [1.54, 1.807) is 25.1 Å². The molecule has 28 heavy (non-hydrogen) atoms. The Kier molecular flexibility index (Phi) is 4.70. The van der Waals surface area contributed by atoms with E-state index < -0.39 is 27.8 Å². The van der Waals surface area contributed by atoms with Gasteiger partial charge in [-0.05, 0) is 74.8 Å². The number of ether oxygens (including phenoxy) is 1. The van der Waals surface area contributed by atoms with Gasteiger partial charge in [-0.3, -0.25) is 0 Å². The van der Waals surface area contributed by atoms with E-state index in [2.05, 4.69) is 13.5 Å². The average Bonchev–Trinajstić information content (AvgIpc) is 2.59. The number of hydrogen-bond acceptors (Lipinski definition) is 5. The zero-order valence-electron chi connectivity index (χ0n) is 16.5. The maximum absolute atomic E-state index is 12.9. The second kappa shape index (κ2) is 6.70. The molecule has 0 amide bonds. The van der Waals surface area contributed by atoms with E-state index in [0.29, 0.717) is 11.8 Å². The van der Waals surface area contributed by atoms with Crippen molar-refractivity contribution in [1.29, 1.82) is 0 Å². The van der Waals surface area contributed by atoms with Gasteiger partial charge in [0.15, 0.2) is 0 Å². The highest BCUT2D eigenvalue weighted by molar-refractivity contribution is 7.86. The summed E-state index contributed by atoms with van der Waals surface area (Å²) in [5.74, 6) is 0.481. The molecule has 0 heterocycles. The third kappa shape index (κ3) is 3.52. The van der Waals surface area contributed by atoms with Gasteiger partial charge in [0.25, 0.3) is 10.1 Å². The first-order valence-corrected chi connectivity index (χ1v) is 11.4. The molecule has 0 N–H and O–H groups in total. The molecule has 0 spiro atoms. The summed E-state index contributed by atoms with van der Waals surface area (Å²) in [7, 11) is -4.05. The lowest BCUT2D eigenvalue weighted by Gasteiger charge is -2.62. The molecule has 0 aliphatic heterocycles. The Labute approximate surface area is 167 Å². The Hall–Kier alpha value is -1.66. The van der Waals surface area contributed by atoms with Gasteiger partial charge < -0.3 is 4.74 Å². The van der Waals surface area contributed by atoms with Crippen LogP contribution in [0.3, 0.4) is 0 Å². The zero-order valence-corrected chi connectivity index (χ0v) is 17.3. The lowest BCUT2D eigenvalue weighted by Crippen LogP contribution is -2.57. The minimum atomic E-state index is -4.05. The van der Waals surface area contributed by atoms with Gasteiger partial charge in [0.1, 0.15) is 0 Å². The molecule has 3 atom stereocenters. The van der Waals surface area contributed by atoms with Crippen LogP contribution in [-0.4, -0.2) is 20.7 Å². The first kappa shape index (κ1) is 19.6. The van der Waals surface area contributed by atoms with Crippen molar-refractivity contribution in [3.8, 4) is 0 Å². The van der Waals surface area contributed by atoms with Crippen molar-refractivity contribution in [2.45, 2.75) is 63.6 Å². The molecule has 4 fully saturated rings. The van der Waals surface area contributed by atoms with Crippen LogP contribution in [0, 0.1) is 22.7 Å². The van der Waals surface area contributed by atoms with E-state index in [1.165, 1.54) is 18.6 Å². The van der Waals surface area contributed by atoms with Crippen molar-refractivity contribution < 1.29 is 22.1 Å². The Bertz CT molecular complexity index is 875. The highest BCUT2D eigenvalue weighted by Gasteiger charge is 2.60. The van der Waals surface area contributed by atoms with Crippen molar-refractivity contribution in [2.75, 3.05) is 0 Å². The number of benzene rings is 1. The summed E-state index contributed by atoms with van der Waals surface area (Å²) in [5, 5.41) is 0. The Morgan fingerprint density at radius 3 is 2.29 bits per heavy atom. The predicted octanol–water partition coefficient (Wildman–Crippen LogP) is 4.44. The maximum Gasteiger partial charge on any atom is 0.335 e. The molecular weight excluding hydrogens is 376 g/mol. The van der Waals surface area contributed by atoms with Crippen LogP contribution >= 0.6 is 0 Å². The van der Waals surface area contributed by atoms with Crippen LogP contribution in [0.1, 0.15) is 52.4 Å². The van der Waals surface area contributed by atoms with E-state index in [-0.39, 0.29) is 15.9 Å². The highest BCUT2D eigenvalue weighted by Crippen LogP contribution is 2.66. The fourth-order valence-corrected chi connectivity index (χ4v) is 7.35. The van der Waals surface area contributed by atoms with Gasteiger partial charge in [-0.15, -0.1) is 0 Å². The first-order chi connectivity index (χ1) is 13.1. The molecule has 5 rings (SSSR count). The molecule has 3 unspecified atom stereocenters. The van der Waals surface area contributed by atoms with Crippen LogP contribution in [-0.2, 0) is 23.8 Å². The van der Waals surface area contributed by atoms with Gasteiger partial charge in [0.2, 0.25) is 6.29 Å². The van der Waals surface area contributed by atoms with Crippen LogP contribution < -0.4 is 0 Å². The molecule has 0 aromatic heterocycles. The summed E-state index contributed by atoms with van der Waals surface area (Å²) in [6.07, 6.45) is 4.91. The van der Waals surface area contributed by atoms with Gasteiger partial charge in [-0.25, -0.2) is 8.98 Å². The molecular formula is C22H28O5S. The van der Waals surface area contributed by atoms with Crippen molar-refractivity contribution in [3.05, 3.63) is 42.5 Å². The van der Waals surface area contributed by atoms with E-state index in [9.17, 15) is 13.2 Å². The van der Waals surface area contributed by atoms with Crippen molar-refractivity contribution in [3.63, 3.8) is 0 Å². The normalized spacial score (nSPS) is 34.8.